The van der Waals surface area contributed by atoms with Crippen LogP contribution in [0, 0.1) is 0 Å². The fraction of sp³-hybridized carbons (Fsp3) is 0.333. The maximum atomic E-state index is 14.8. The van der Waals surface area contributed by atoms with E-state index in [1.54, 1.807) is 0 Å². The summed E-state index contributed by atoms with van der Waals surface area (Å²) in [5.41, 5.74) is 12.5. The minimum atomic E-state index is -0.00966. The molecule has 7 rings (SSSR count). The Hall–Kier alpha value is -4.96. The van der Waals surface area contributed by atoms with E-state index in [2.05, 4.69) is 151 Å². The van der Waals surface area contributed by atoms with Gasteiger partial charge in [-0.15, -0.1) is 0 Å². The Morgan fingerprint density at radius 3 is 0.962 bits per heavy atom. The van der Waals surface area contributed by atoms with Crippen molar-refractivity contribution in [1.29, 1.82) is 0 Å². The number of hydrogen-bond donors (Lipinski definition) is 0. The Morgan fingerprint density at radius 2 is 0.673 bits per heavy atom. The molecule has 0 aliphatic rings. The zero-order chi connectivity index (χ0) is 37.3. The summed E-state index contributed by atoms with van der Waals surface area (Å²) in [6.45, 7) is 22.0. The monoisotopic (exact) mass is 688 g/mol. The highest BCUT2D eigenvalue weighted by Gasteiger charge is 2.22. The zero-order valence-electron chi connectivity index (χ0n) is 32.6. The highest BCUT2D eigenvalue weighted by molar-refractivity contribution is 6.05. The molecule has 0 amide bonds. The Kier molecular flexibility index (Phi) is 8.80. The van der Waals surface area contributed by atoms with Crippen LogP contribution < -0.4 is 10.9 Å². The van der Waals surface area contributed by atoms with E-state index in [0.29, 0.717) is 21.5 Å². The molecule has 2 heterocycles. The number of nitrogens with zero attached hydrogens (tertiary/aromatic N) is 2. The van der Waals surface area contributed by atoms with Gasteiger partial charge in [0, 0.05) is 32.9 Å². The molecule has 0 saturated heterocycles. The minimum Gasteiger partial charge on any atom is -0.309 e. The number of pyridine rings is 2. The lowest BCUT2D eigenvalue weighted by molar-refractivity contribution is 0.590. The van der Waals surface area contributed by atoms with Crippen LogP contribution in [0.4, 0.5) is 0 Å². The fourth-order valence-corrected chi connectivity index (χ4v) is 8.04. The van der Waals surface area contributed by atoms with Crippen LogP contribution in [0.25, 0.3) is 55.0 Å². The Morgan fingerprint density at radius 1 is 0.404 bits per heavy atom. The summed E-state index contributed by atoms with van der Waals surface area (Å²) in [5.74, 6) is 0. The number of rotatable bonds is 6. The summed E-state index contributed by atoms with van der Waals surface area (Å²) in [4.78, 5) is 29.6. The molecule has 4 nitrogen and oxygen atoms in total. The van der Waals surface area contributed by atoms with E-state index < -0.39 is 0 Å². The lowest BCUT2D eigenvalue weighted by atomic mass is 9.87. The van der Waals surface area contributed by atoms with Gasteiger partial charge in [-0.2, -0.15) is 0 Å². The smallest absolute Gasteiger partial charge is 0.197 e. The number of hydrogen-bond acceptors (Lipinski definition) is 2. The van der Waals surface area contributed by atoms with Crippen molar-refractivity contribution in [3.05, 3.63) is 139 Å². The second-order valence-electron chi connectivity index (χ2n) is 16.5. The van der Waals surface area contributed by atoms with Crippen LogP contribution in [0.2, 0.25) is 0 Å². The Balaban J connectivity index is 1.69. The molecule has 5 aromatic carbocycles. The van der Waals surface area contributed by atoms with Crippen molar-refractivity contribution >= 4 is 43.6 Å². The van der Waals surface area contributed by atoms with Crippen molar-refractivity contribution in [3.8, 4) is 11.4 Å². The first-order valence-corrected chi connectivity index (χ1v) is 19.1. The average Bonchev–Trinajstić information content (AvgIpc) is 3.13. The molecule has 7 aromatic rings. The molecule has 266 valence electrons. The summed E-state index contributed by atoms with van der Waals surface area (Å²) in [5, 5.41) is 2.61. The van der Waals surface area contributed by atoms with Crippen molar-refractivity contribution in [3.63, 3.8) is 0 Å². The molecule has 52 heavy (non-hydrogen) atoms. The van der Waals surface area contributed by atoms with Crippen LogP contribution in [0.1, 0.15) is 103 Å². The van der Waals surface area contributed by atoms with Gasteiger partial charge in [0.1, 0.15) is 0 Å². The second kappa shape index (κ2) is 12.9. The topological polar surface area (TPSA) is 44.0 Å². The first-order chi connectivity index (χ1) is 24.7. The normalized spacial score (nSPS) is 12.5. The number of fused-ring (bicyclic) bond motifs is 4. The molecule has 0 fully saturated rings. The number of aryl methyl sites for hydroxylation is 4. The Labute approximate surface area is 307 Å². The molecule has 0 bridgehead atoms. The van der Waals surface area contributed by atoms with Gasteiger partial charge in [0.25, 0.3) is 0 Å². The molecule has 0 aliphatic heterocycles. The van der Waals surface area contributed by atoms with Crippen LogP contribution in [0.5, 0.6) is 0 Å². The molecule has 4 heteroatoms. The number of aromatic nitrogens is 2. The molecule has 0 aliphatic carbocycles. The molecule has 0 saturated carbocycles. The van der Waals surface area contributed by atoms with E-state index in [0.717, 1.165) is 59.1 Å². The molecular weight excluding hydrogens is 637 g/mol. The predicted octanol–water partition coefficient (Wildman–Crippen LogP) is 11.4. The van der Waals surface area contributed by atoms with E-state index in [-0.39, 0.29) is 21.7 Å². The van der Waals surface area contributed by atoms with Crippen LogP contribution in [0.3, 0.4) is 0 Å². The van der Waals surface area contributed by atoms with Gasteiger partial charge in [0.15, 0.2) is 10.9 Å². The zero-order valence-corrected chi connectivity index (χ0v) is 32.6. The standard InChI is InChI=1S/C48H52N2O2/c1-11-29-23-37-41(25-31(29)13-3)49(35-19-15-33(16-20-35)47(5,6)7)43-28-40-44(27-39(43)45(37)51)50(36-21-17-34(18-22-36)48(8,9)10)42-26-32(14-4)30(12-2)24-38(42)46(40)52/h15-28H,11-14H2,1-10H3. The van der Waals surface area contributed by atoms with Gasteiger partial charge in [0.05, 0.1) is 22.1 Å². The molecule has 2 aromatic heterocycles. The van der Waals surface area contributed by atoms with E-state index in [1.165, 1.54) is 33.4 Å². The summed E-state index contributed by atoms with van der Waals surface area (Å²) in [7, 11) is 0. The third-order valence-electron chi connectivity index (χ3n) is 11.2. The van der Waals surface area contributed by atoms with Crippen LogP contribution in [-0.2, 0) is 36.5 Å². The molecular formula is C48H52N2O2. The second-order valence-corrected chi connectivity index (χ2v) is 16.5. The minimum absolute atomic E-state index is 0.0000252. The Bertz CT molecular complexity index is 2450. The van der Waals surface area contributed by atoms with E-state index in [9.17, 15) is 9.59 Å². The predicted molar refractivity (Wildman–Crippen MR) is 223 cm³/mol. The van der Waals surface area contributed by atoms with E-state index in [1.807, 2.05) is 12.1 Å². The maximum Gasteiger partial charge on any atom is 0.197 e. The summed E-state index contributed by atoms with van der Waals surface area (Å²) >= 11 is 0. The van der Waals surface area contributed by atoms with Crippen LogP contribution >= 0.6 is 0 Å². The van der Waals surface area contributed by atoms with Gasteiger partial charge in [-0.3, -0.25) is 9.59 Å². The van der Waals surface area contributed by atoms with Gasteiger partial charge in [0.2, 0.25) is 0 Å². The van der Waals surface area contributed by atoms with E-state index >= 15 is 0 Å². The summed E-state index contributed by atoms with van der Waals surface area (Å²) < 4.78 is 4.42. The first kappa shape index (κ1) is 35.4. The lowest BCUT2D eigenvalue weighted by Crippen LogP contribution is -2.16. The van der Waals surface area contributed by atoms with Gasteiger partial charge in [-0.25, -0.2) is 0 Å². The molecule has 0 radical (unpaired) electrons. The fourth-order valence-electron chi connectivity index (χ4n) is 8.04. The van der Waals surface area contributed by atoms with Crippen molar-refractivity contribution in [2.24, 2.45) is 0 Å². The molecule has 0 N–H and O–H groups in total. The van der Waals surface area contributed by atoms with Crippen LogP contribution in [-0.4, -0.2) is 9.13 Å². The summed E-state index contributed by atoms with van der Waals surface area (Å²) in [6.07, 6.45) is 3.45. The SMILES string of the molecule is CCc1cc2c(=O)c3cc4c(cc3n(-c3ccc(C(C)(C)C)cc3)c2cc1CC)c(=O)c1cc(CC)c(CC)cc1n4-c1ccc(C(C)(C)C)cc1. The third-order valence-corrected chi connectivity index (χ3v) is 11.2. The van der Waals surface area contributed by atoms with Gasteiger partial charge in [-0.1, -0.05) is 93.5 Å². The lowest BCUT2D eigenvalue weighted by Gasteiger charge is -2.23. The van der Waals surface area contributed by atoms with Gasteiger partial charge < -0.3 is 9.13 Å². The quantitative estimate of drug-likeness (QED) is 0.163. The van der Waals surface area contributed by atoms with Gasteiger partial charge in [-0.05, 0) is 131 Å². The summed E-state index contributed by atoms with van der Waals surface area (Å²) in [6, 6.07) is 30.0. The molecule has 0 atom stereocenters. The van der Waals surface area contributed by atoms with Crippen molar-refractivity contribution in [2.75, 3.05) is 0 Å². The van der Waals surface area contributed by atoms with Gasteiger partial charge >= 0.3 is 0 Å². The highest BCUT2D eigenvalue weighted by atomic mass is 16.1. The molecule has 0 unspecified atom stereocenters. The molecule has 0 spiro atoms. The highest BCUT2D eigenvalue weighted by Crippen LogP contribution is 2.34. The average molecular weight is 689 g/mol. The van der Waals surface area contributed by atoms with Crippen molar-refractivity contribution in [2.45, 2.75) is 106 Å². The maximum absolute atomic E-state index is 14.8. The first-order valence-electron chi connectivity index (χ1n) is 19.1. The number of benzene rings is 5. The van der Waals surface area contributed by atoms with Crippen LogP contribution in [0.15, 0.2) is 94.5 Å². The van der Waals surface area contributed by atoms with Crippen molar-refractivity contribution in [1.82, 2.24) is 9.13 Å². The van der Waals surface area contributed by atoms with Crippen molar-refractivity contribution < 1.29 is 0 Å². The van der Waals surface area contributed by atoms with E-state index in [4.69, 9.17) is 0 Å². The largest absolute Gasteiger partial charge is 0.309 e. The third kappa shape index (κ3) is 5.77.